The highest BCUT2D eigenvalue weighted by Crippen LogP contribution is 2.18. The Kier molecular flexibility index (Phi) is 5.73. The van der Waals surface area contributed by atoms with E-state index < -0.39 is 0 Å². The second kappa shape index (κ2) is 7.77. The first kappa shape index (κ1) is 15.5. The maximum absolute atomic E-state index is 11.9. The molecule has 1 aromatic carbocycles. The SMILES string of the molecule is Cc1cccc(NC(=O)CCOC2CCNCC2)c1C#N. The number of anilines is 1. The molecule has 1 aliphatic rings. The van der Waals surface area contributed by atoms with Crippen molar-refractivity contribution in [3.05, 3.63) is 29.3 Å². The summed E-state index contributed by atoms with van der Waals surface area (Å²) in [5.41, 5.74) is 1.95. The summed E-state index contributed by atoms with van der Waals surface area (Å²) in [6, 6.07) is 7.56. The molecular weight excluding hydrogens is 266 g/mol. The molecule has 0 bridgehead atoms. The number of nitrogens with one attached hydrogen (secondary N) is 2. The van der Waals surface area contributed by atoms with Gasteiger partial charge in [-0.3, -0.25) is 4.79 Å². The number of nitrogens with zero attached hydrogens (tertiary/aromatic N) is 1. The molecule has 1 aromatic rings. The lowest BCUT2D eigenvalue weighted by atomic mass is 10.1. The minimum absolute atomic E-state index is 0.119. The number of amides is 1. The first-order valence-electron chi connectivity index (χ1n) is 7.32. The van der Waals surface area contributed by atoms with E-state index in [0.717, 1.165) is 31.5 Å². The molecule has 112 valence electrons. The standard InChI is InChI=1S/C16H21N3O2/c1-12-3-2-4-15(14(12)11-17)19-16(20)7-10-21-13-5-8-18-9-6-13/h2-4,13,18H,5-10H2,1H3,(H,19,20). The molecule has 1 saturated heterocycles. The van der Waals surface area contributed by atoms with Gasteiger partial charge in [-0.1, -0.05) is 12.1 Å². The number of aryl methyl sites for hydroxylation is 1. The molecule has 1 heterocycles. The zero-order chi connectivity index (χ0) is 15.1. The number of carbonyl (C=O) groups is 1. The summed E-state index contributed by atoms with van der Waals surface area (Å²) in [5, 5.41) is 15.2. The number of hydrogen-bond donors (Lipinski definition) is 2. The van der Waals surface area contributed by atoms with Crippen LogP contribution in [0.5, 0.6) is 0 Å². The van der Waals surface area contributed by atoms with Gasteiger partial charge in [0, 0.05) is 0 Å². The first-order valence-corrected chi connectivity index (χ1v) is 7.32. The van der Waals surface area contributed by atoms with Crippen molar-refractivity contribution in [1.29, 1.82) is 5.26 Å². The van der Waals surface area contributed by atoms with Crippen LogP contribution < -0.4 is 10.6 Å². The molecule has 0 unspecified atom stereocenters. The van der Waals surface area contributed by atoms with Crippen molar-refractivity contribution in [3.8, 4) is 6.07 Å². The monoisotopic (exact) mass is 287 g/mol. The number of piperidine rings is 1. The number of hydrogen-bond acceptors (Lipinski definition) is 4. The van der Waals surface area contributed by atoms with Crippen LogP contribution in [0.25, 0.3) is 0 Å². The number of nitriles is 1. The van der Waals surface area contributed by atoms with E-state index >= 15 is 0 Å². The van der Waals surface area contributed by atoms with Gasteiger partial charge in [-0.2, -0.15) is 5.26 Å². The van der Waals surface area contributed by atoms with Crippen molar-refractivity contribution in [3.63, 3.8) is 0 Å². The highest BCUT2D eigenvalue weighted by atomic mass is 16.5. The predicted molar refractivity (Wildman–Crippen MR) is 81.0 cm³/mol. The molecule has 0 aromatic heterocycles. The molecule has 1 amide bonds. The van der Waals surface area contributed by atoms with Crippen molar-refractivity contribution in [2.75, 3.05) is 25.0 Å². The van der Waals surface area contributed by atoms with Crippen LogP contribution in [-0.2, 0) is 9.53 Å². The normalized spacial score (nSPS) is 15.4. The third-order valence-corrected chi connectivity index (χ3v) is 3.63. The highest BCUT2D eigenvalue weighted by molar-refractivity contribution is 5.92. The first-order chi connectivity index (χ1) is 10.2. The summed E-state index contributed by atoms with van der Waals surface area (Å²) in [4.78, 5) is 11.9. The van der Waals surface area contributed by atoms with E-state index in [2.05, 4.69) is 16.7 Å². The van der Waals surface area contributed by atoms with Gasteiger partial charge in [0.05, 0.1) is 30.4 Å². The smallest absolute Gasteiger partial charge is 0.226 e. The summed E-state index contributed by atoms with van der Waals surface area (Å²) >= 11 is 0. The molecule has 5 heteroatoms. The summed E-state index contributed by atoms with van der Waals surface area (Å²) in [7, 11) is 0. The van der Waals surface area contributed by atoms with Crippen molar-refractivity contribution in [2.45, 2.75) is 32.3 Å². The minimum Gasteiger partial charge on any atom is -0.378 e. The lowest BCUT2D eigenvalue weighted by molar-refractivity contribution is -0.117. The lowest BCUT2D eigenvalue weighted by Crippen LogP contribution is -2.33. The van der Waals surface area contributed by atoms with Crippen LogP contribution in [0.3, 0.4) is 0 Å². The van der Waals surface area contributed by atoms with Gasteiger partial charge in [-0.25, -0.2) is 0 Å². The Bertz CT molecular complexity index is 531. The molecule has 1 fully saturated rings. The summed E-state index contributed by atoms with van der Waals surface area (Å²) in [5.74, 6) is -0.119. The topological polar surface area (TPSA) is 74.2 Å². The molecular formula is C16H21N3O2. The molecule has 2 N–H and O–H groups in total. The second-order valence-electron chi connectivity index (χ2n) is 5.23. The van der Waals surface area contributed by atoms with Gasteiger partial charge in [-0.05, 0) is 44.5 Å². The third-order valence-electron chi connectivity index (χ3n) is 3.63. The number of rotatable bonds is 5. The molecule has 0 aliphatic carbocycles. The fourth-order valence-electron chi connectivity index (χ4n) is 2.41. The minimum atomic E-state index is -0.119. The van der Waals surface area contributed by atoms with E-state index in [1.165, 1.54) is 0 Å². The van der Waals surface area contributed by atoms with Crippen LogP contribution in [0.2, 0.25) is 0 Å². The van der Waals surface area contributed by atoms with Gasteiger partial charge in [0.1, 0.15) is 6.07 Å². The molecule has 0 radical (unpaired) electrons. The van der Waals surface area contributed by atoms with Crippen LogP contribution in [0.4, 0.5) is 5.69 Å². The Labute approximate surface area is 125 Å². The van der Waals surface area contributed by atoms with E-state index in [1.807, 2.05) is 19.1 Å². The van der Waals surface area contributed by atoms with Gasteiger partial charge in [0.15, 0.2) is 0 Å². The number of ether oxygens (including phenoxy) is 1. The molecule has 1 aliphatic heterocycles. The third kappa shape index (κ3) is 4.55. The van der Waals surface area contributed by atoms with Gasteiger partial charge in [0.25, 0.3) is 0 Å². The second-order valence-corrected chi connectivity index (χ2v) is 5.23. The van der Waals surface area contributed by atoms with Crippen molar-refractivity contribution < 1.29 is 9.53 Å². The maximum Gasteiger partial charge on any atom is 0.226 e. The van der Waals surface area contributed by atoms with Crippen molar-refractivity contribution in [2.24, 2.45) is 0 Å². The average molecular weight is 287 g/mol. The van der Waals surface area contributed by atoms with E-state index in [1.54, 1.807) is 6.07 Å². The Morgan fingerprint density at radius 2 is 2.24 bits per heavy atom. The van der Waals surface area contributed by atoms with E-state index in [4.69, 9.17) is 10.00 Å². The average Bonchev–Trinajstić information content (AvgIpc) is 2.48. The maximum atomic E-state index is 11.9. The number of benzene rings is 1. The molecule has 5 nitrogen and oxygen atoms in total. The lowest BCUT2D eigenvalue weighted by Gasteiger charge is -2.22. The van der Waals surface area contributed by atoms with E-state index in [-0.39, 0.29) is 12.0 Å². The van der Waals surface area contributed by atoms with E-state index in [0.29, 0.717) is 24.3 Å². The van der Waals surface area contributed by atoms with E-state index in [9.17, 15) is 4.79 Å². The van der Waals surface area contributed by atoms with Crippen LogP contribution in [0, 0.1) is 18.3 Å². The zero-order valence-electron chi connectivity index (χ0n) is 12.3. The number of carbonyl (C=O) groups excluding carboxylic acids is 1. The fraction of sp³-hybridized carbons (Fsp3) is 0.500. The molecule has 0 saturated carbocycles. The summed E-state index contributed by atoms with van der Waals surface area (Å²) < 4.78 is 5.71. The van der Waals surface area contributed by atoms with Gasteiger partial charge < -0.3 is 15.4 Å². The van der Waals surface area contributed by atoms with Crippen molar-refractivity contribution in [1.82, 2.24) is 5.32 Å². The molecule has 2 rings (SSSR count). The Hall–Kier alpha value is -1.90. The Morgan fingerprint density at radius 3 is 2.95 bits per heavy atom. The largest absolute Gasteiger partial charge is 0.378 e. The van der Waals surface area contributed by atoms with Crippen LogP contribution in [0.15, 0.2) is 18.2 Å². The van der Waals surface area contributed by atoms with Crippen molar-refractivity contribution >= 4 is 11.6 Å². The molecule has 0 spiro atoms. The highest BCUT2D eigenvalue weighted by Gasteiger charge is 2.14. The summed E-state index contributed by atoms with van der Waals surface area (Å²) in [6.07, 6.45) is 2.56. The van der Waals surface area contributed by atoms with Gasteiger partial charge >= 0.3 is 0 Å². The van der Waals surface area contributed by atoms with Crippen LogP contribution in [0.1, 0.15) is 30.4 Å². The molecule has 0 atom stereocenters. The predicted octanol–water partition coefficient (Wildman–Crippen LogP) is 1.96. The van der Waals surface area contributed by atoms with Crippen LogP contribution >= 0.6 is 0 Å². The van der Waals surface area contributed by atoms with Gasteiger partial charge in [0.2, 0.25) is 5.91 Å². The zero-order valence-corrected chi connectivity index (χ0v) is 12.3. The quantitative estimate of drug-likeness (QED) is 0.868. The summed E-state index contributed by atoms with van der Waals surface area (Å²) in [6.45, 7) is 4.23. The Morgan fingerprint density at radius 1 is 1.48 bits per heavy atom. The Balaban J connectivity index is 1.79. The van der Waals surface area contributed by atoms with Crippen LogP contribution in [-0.4, -0.2) is 31.7 Å². The molecule has 21 heavy (non-hydrogen) atoms. The fourth-order valence-corrected chi connectivity index (χ4v) is 2.41. The van der Waals surface area contributed by atoms with Gasteiger partial charge in [-0.15, -0.1) is 0 Å².